The number of benzene rings is 3. The van der Waals surface area contributed by atoms with Crippen molar-refractivity contribution in [3.8, 4) is 17.2 Å². The van der Waals surface area contributed by atoms with E-state index in [9.17, 15) is 18.4 Å². The van der Waals surface area contributed by atoms with Crippen molar-refractivity contribution in [3.63, 3.8) is 0 Å². The lowest BCUT2D eigenvalue weighted by Crippen LogP contribution is -2.52. The molecule has 2 bridgehead atoms. The van der Waals surface area contributed by atoms with Gasteiger partial charge in [0.1, 0.15) is 28.0 Å². The van der Waals surface area contributed by atoms with Crippen molar-refractivity contribution >= 4 is 40.8 Å². The number of halogens is 4. The van der Waals surface area contributed by atoms with Gasteiger partial charge in [0.05, 0.1) is 19.3 Å². The van der Waals surface area contributed by atoms with E-state index in [0.717, 1.165) is 38.8 Å². The molecule has 1 unspecified atom stereocenters. The highest BCUT2D eigenvalue weighted by atomic mass is 35.5. The number of aromatic amines is 1. The molecular formula is C41H43Cl2F2N3O8. The summed E-state index contributed by atoms with van der Waals surface area (Å²) in [5.41, 5.74) is 2.29. The highest BCUT2D eigenvalue weighted by Gasteiger charge is 2.38. The Balaban J connectivity index is 0.00000532. The second kappa shape index (κ2) is 18.5. The Morgan fingerprint density at radius 1 is 0.929 bits per heavy atom. The summed E-state index contributed by atoms with van der Waals surface area (Å²) in [6, 6.07) is 17.3. The van der Waals surface area contributed by atoms with Gasteiger partial charge in [-0.1, -0.05) is 47.5 Å². The summed E-state index contributed by atoms with van der Waals surface area (Å²) in [7, 11) is 1.57. The van der Waals surface area contributed by atoms with E-state index >= 15 is 0 Å². The fourth-order valence-electron chi connectivity index (χ4n) is 7.04. The molecule has 4 aliphatic rings. The molecule has 3 atom stereocenters. The van der Waals surface area contributed by atoms with E-state index in [1.54, 1.807) is 68.0 Å². The molecule has 15 heteroatoms. The van der Waals surface area contributed by atoms with Gasteiger partial charge in [-0.15, -0.1) is 0 Å². The van der Waals surface area contributed by atoms with E-state index in [4.69, 9.17) is 46.9 Å². The molecule has 298 valence electrons. The van der Waals surface area contributed by atoms with E-state index in [-0.39, 0.29) is 35.1 Å². The SMILES string of the molecule is COc1ccc(C(Nc2cccc(C(=O)O[C@@H](Cc3c(Cl)c[nH+]cc3Cl)c3ccc(OC(F)F)c(OCC4CC4)c3)c2)C(=O)O[C@H]2CN3CCC2CC3)cc1.[OH-]. The quantitative estimate of drug-likeness (QED) is 0.111. The van der Waals surface area contributed by atoms with Gasteiger partial charge in [-0.3, -0.25) is 4.90 Å². The molecule has 3 aromatic carbocycles. The lowest BCUT2D eigenvalue weighted by atomic mass is 9.86. The number of rotatable bonds is 16. The van der Waals surface area contributed by atoms with Crippen LogP contribution in [0.5, 0.6) is 17.2 Å². The van der Waals surface area contributed by atoms with Gasteiger partial charge < -0.3 is 34.5 Å². The number of ether oxygens (including phenoxy) is 5. The maximum atomic E-state index is 14.0. The van der Waals surface area contributed by atoms with Crippen molar-refractivity contribution in [2.24, 2.45) is 11.8 Å². The Bertz CT molecular complexity index is 1960. The first-order valence-electron chi connectivity index (χ1n) is 18.3. The summed E-state index contributed by atoms with van der Waals surface area (Å²) >= 11 is 13.0. The zero-order valence-corrected chi connectivity index (χ0v) is 32.1. The van der Waals surface area contributed by atoms with Crippen LogP contribution in [0.1, 0.15) is 64.9 Å². The van der Waals surface area contributed by atoms with Gasteiger partial charge in [-0.05, 0) is 104 Å². The molecular weight excluding hydrogens is 771 g/mol. The first kappa shape index (κ1) is 41.0. The van der Waals surface area contributed by atoms with Gasteiger partial charge in [0, 0.05) is 24.2 Å². The largest absolute Gasteiger partial charge is 0.870 e. The number of H-pyrrole nitrogens is 1. The first-order valence-corrected chi connectivity index (χ1v) is 19.1. The Kier molecular flexibility index (Phi) is 13.5. The average Bonchev–Trinajstić information content (AvgIpc) is 4.03. The number of esters is 2. The zero-order chi connectivity index (χ0) is 38.5. The van der Waals surface area contributed by atoms with E-state index in [1.165, 1.54) is 18.2 Å². The monoisotopic (exact) mass is 813 g/mol. The van der Waals surface area contributed by atoms with Gasteiger partial charge >= 0.3 is 18.6 Å². The van der Waals surface area contributed by atoms with Gasteiger partial charge in [0.2, 0.25) is 0 Å². The molecule has 1 aliphatic carbocycles. The van der Waals surface area contributed by atoms with Gasteiger partial charge in [0.15, 0.2) is 29.9 Å². The molecule has 0 radical (unpaired) electrons. The number of methoxy groups -OCH3 is 1. The van der Waals surface area contributed by atoms with Gasteiger partial charge in [-0.25, -0.2) is 14.6 Å². The molecule has 3 N–H and O–H groups in total. The molecule has 4 aromatic rings. The second-order valence-electron chi connectivity index (χ2n) is 14.1. The standard InChI is InChI=1S/C41H41Cl2F2N3O7.H2O/c1-51-30-10-7-26(8-11-30)38(40(50)54-37-22-48-15-13-25(37)14-16-48)47-29-4-2-3-28(17-29)39(49)53-35(19-31-32(42)20-46-21-33(31)43)27-9-12-34(55-41(44)45)36(18-27)52-23-24-5-6-24;/h2-4,7-12,17-18,20-21,24-25,35,37-38,41,47H,5-6,13-16,19,22-23H2,1H3;1H2/t35-,37-,38?;/m0./s1. The third-order valence-corrected chi connectivity index (χ3v) is 11.0. The summed E-state index contributed by atoms with van der Waals surface area (Å²) in [4.78, 5) is 33.0. The molecule has 11 nitrogen and oxygen atoms in total. The minimum absolute atomic E-state index is 0. The minimum atomic E-state index is -3.06. The third-order valence-electron chi connectivity index (χ3n) is 10.3. The molecule has 8 rings (SSSR count). The Hall–Kier alpha value is -4.69. The van der Waals surface area contributed by atoms with Crippen LogP contribution in [0.4, 0.5) is 14.5 Å². The van der Waals surface area contributed by atoms with Crippen molar-refractivity contribution in [2.75, 3.05) is 38.7 Å². The third kappa shape index (κ3) is 10.2. The number of hydrogen-bond donors (Lipinski definition) is 1. The molecule has 3 saturated heterocycles. The molecule has 3 aliphatic heterocycles. The molecule has 1 saturated carbocycles. The summed E-state index contributed by atoms with van der Waals surface area (Å²) in [6.45, 7) is 0.0148. The number of pyridine rings is 1. The van der Waals surface area contributed by atoms with Crippen LogP contribution in [0.2, 0.25) is 10.0 Å². The molecule has 56 heavy (non-hydrogen) atoms. The number of anilines is 1. The fourth-order valence-corrected chi connectivity index (χ4v) is 7.58. The normalized spacial score (nSPS) is 19.6. The lowest BCUT2D eigenvalue weighted by molar-refractivity contribution is -0.377. The van der Waals surface area contributed by atoms with E-state index in [2.05, 4.69) is 15.2 Å². The molecule has 1 aromatic heterocycles. The van der Waals surface area contributed by atoms with Crippen LogP contribution >= 0.6 is 23.2 Å². The fraction of sp³-hybridized carbons (Fsp3) is 0.390. The predicted molar refractivity (Wildman–Crippen MR) is 203 cm³/mol. The van der Waals surface area contributed by atoms with Crippen molar-refractivity contribution in [2.45, 2.75) is 57.0 Å². The van der Waals surface area contributed by atoms with Crippen LogP contribution in [0, 0.1) is 11.8 Å². The number of piperidine rings is 3. The van der Waals surface area contributed by atoms with E-state index in [0.29, 0.717) is 63.2 Å². The Labute approximate surface area is 333 Å². The number of alkyl halides is 2. The van der Waals surface area contributed by atoms with Crippen LogP contribution in [0.25, 0.3) is 0 Å². The van der Waals surface area contributed by atoms with Crippen LogP contribution < -0.4 is 24.5 Å². The van der Waals surface area contributed by atoms with Crippen molar-refractivity contribution in [1.29, 1.82) is 0 Å². The first-order chi connectivity index (χ1) is 26.6. The zero-order valence-electron chi connectivity index (χ0n) is 30.6. The van der Waals surface area contributed by atoms with Crippen molar-refractivity contribution in [3.05, 3.63) is 111 Å². The minimum Gasteiger partial charge on any atom is -0.870 e. The van der Waals surface area contributed by atoms with Crippen LogP contribution in [-0.4, -0.2) is 68.4 Å². The van der Waals surface area contributed by atoms with E-state index < -0.39 is 30.7 Å². The molecule has 4 heterocycles. The number of aromatic nitrogens is 1. The van der Waals surface area contributed by atoms with E-state index in [1.807, 2.05) is 0 Å². The average molecular weight is 815 g/mol. The predicted octanol–water partition coefficient (Wildman–Crippen LogP) is 7.96. The molecule has 4 fully saturated rings. The maximum absolute atomic E-state index is 14.0. The van der Waals surface area contributed by atoms with Crippen LogP contribution in [0.3, 0.4) is 0 Å². The second-order valence-corrected chi connectivity index (χ2v) is 14.9. The van der Waals surface area contributed by atoms with Gasteiger partial charge in [-0.2, -0.15) is 8.78 Å². The topological polar surface area (TPSA) is 140 Å². The van der Waals surface area contributed by atoms with Gasteiger partial charge in [0.25, 0.3) is 0 Å². The Morgan fingerprint density at radius 2 is 1.64 bits per heavy atom. The number of hydrogen-bond acceptors (Lipinski definition) is 10. The number of carbonyl (C=O) groups excluding carboxylic acids is 2. The van der Waals surface area contributed by atoms with Crippen molar-refractivity contribution < 1.29 is 52.5 Å². The summed E-state index contributed by atoms with van der Waals surface area (Å²) in [5, 5.41) is 3.93. The number of fused-ring (bicyclic) bond motifs is 3. The number of nitrogens with one attached hydrogen (secondary N) is 2. The molecule has 0 amide bonds. The number of carbonyl (C=O) groups is 2. The summed E-state index contributed by atoms with van der Waals surface area (Å²) < 4.78 is 54.9. The lowest BCUT2D eigenvalue weighted by Gasteiger charge is -2.44. The smallest absolute Gasteiger partial charge is 0.387 e. The van der Waals surface area contributed by atoms with Crippen molar-refractivity contribution in [1.82, 2.24) is 4.90 Å². The maximum Gasteiger partial charge on any atom is 0.387 e. The van der Waals surface area contributed by atoms with Crippen LogP contribution in [-0.2, 0) is 20.7 Å². The Morgan fingerprint density at radius 3 is 2.29 bits per heavy atom. The molecule has 0 spiro atoms. The highest BCUT2D eigenvalue weighted by molar-refractivity contribution is 6.35. The number of nitrogens with zero attached hydrogens (tertiary/aromatic N) is 1. The summed E-state index contributed by atoms with van der Waals surface area (Å²) in [5.74, 6) is 0.155. The summed E-state index contributed by atoms with van der Waals surface area (Å²) in [6.07, 6.45) is 5.96. The van der Waals surface area contributed by atoms with Crippen LogP contribution in [0.15, 0.2) is 79.1 Å². The highest BCUT2D eigenvalue weighted by Crippen LogP contribution is 2.38.